The van der Waals surface area contributed by atoms with E-state index in [0.29, 0.717) is 15.6 Å². The number of nitrogens with one attached hydrogen (secondary N) is 1. The number of aliphatic hydroxyl groups is 1. The van der Waals surface area contributed by atoms with Crippen molar-refractivity contribution in [2.45, 2.75) is 39.3 Å². The maximum atomic E-state index is 11.8. The van der Waals surface area contributed by atoms with E-state index in [-0.39, 0.29) is 12.4 Å². The summed E-state index contributed by atoms with van der Waals surface area (Å²) in [5.41, 5.74) is 0.618. The highest BCUT2D eigenvalue weighted by Crippen LogP contribution is 2.25. The van der Waals surface area contributed by atoms with Crippen LogP contribution in [0.15, 0.2) is 22.7 Å². The van der Waals surface area contributed by atoms with Crippen molar-refractivity contribution in [3.63, 3.8) is 0 Å². The second kappa shape index (κ2) is 7.04. The number of Topliss-reactive ketones (excluding diaryl/α,β-unsaturated/α-hetero) is 1. The molecule has 0 aliphatic rings. The average molecular weight is 358 g/mol. The molecule has 0 unspecified atom stereocenters. The molecule has 1 atom stereocenters. The van der Waals surface area contributed by atoms with Crippen LogP contribution < -0.4 is 5.32 Å². The minimum Gasteiger partial charge on any atom is -0.444 e. The summed E-state index contributed by atoms with van der Waals surface area (Å²) >= 11 is 3.35. The van der Waals surface area contributed by atoms with Crippen LogP contribution in [0, 0.1) is 0 Å². The van der Waals surface area contributed by atoms with Gasteiger partial charge in [0.15, 0.2) is 5.78 Å². The summed E-state index contributed by atoms with van der Waals surface area (Å²) in [6.07, 6.45) is -0.607. The van der Waals surface area contributed by atoms with E-state index in [1.54, 1.807) is 39.0 Å². The maximum Gasteiger partial charge on any atom is 0.408 e. The van der Waals surface area contributed by atoms with Crippen molar-refractivity contribution in [1.29, 1.82) is 0 Å². The van der Waals surface area contributed by atoms with Crippen molar-refractivity contribution >= 4 is 27.8 Å². The van der Waals surface area contributed by atoms with Crippen LogP contribution in [0.2, 0.25) is 0 Å². The van der Waals surface area contributed by atoms with Gasteiger partial charge in [-0.25, -0.2) is 4.79 Å². The number of benzene rings is 1. The molecule has 0 radical (unpaired) electrons. The van der Waals surface area contributed by atoms with Crippen LogP contribution in [0.1, 0.15) is 49.7 Å². The van der Waals surface area contributed by atoms with E-state index in [4.69, 9.17) is 4.74 Å². The van der Waals surface area contributed by atoms with Crippen molar-refractivity contribution in [1.82, 2.24) is 5.32 Å². The van der Waals surface area contributed by atoms with Crippen LogP contribution in [0.25, 0.3) is 0 Å². The highest BCUT2D eigenvalue weighted by atomic mass is 79.9. The minimum absolute atomic E-state index is 0.0529. The van der Waals surface area contributed by atoms with Gasteiger partial charge in [0.2, 0.25) is 0 Å². The second-order valence-corrected chi connectivity index (χ2v) is 6.53. The number of rotatable bonds is 4. The third kappa shape index (κ3) is 5.47. The Morgan fingerprint density at radius 3 is 2.43 bits per heavy atom. The van der Waals surface area contributed by atoms with Crippen molar-refractivity contribution in [2.75, 3.05) is 6.61 Å². The summed E-state index contributed by atoms with van der Waals surface area (Å²) in [5, 5.41) is 12.1. The zero-order valence-corrected chi connectivity index (χ0v) is 14.2. The summed E-state index contributed by atoms with van der Waals surface area (Å²) in [7, 11) is 0. The molecule has 0 heterocycles. The fourth-order valence-electron chi connectivity index (χ4n) is 1.70. The van der Waals surface area contributed by atoms with Crippen LogP contribution in [0.4, 0.5) is 4.79 Å². The number of alkyl carbamates (subject to hydrolysis) is 1. The number of hydrogen-bond donors (Lipinski definition) is 2. The van der Waals surface area contributed by atoms with E-state index in [1.165, 1.54) is 6.92 Å². The smallest absolute Gasteiger partial charge is 0.408 e. The Morgan fingerprint density at radius 2 is 2.00 bits per heavy atom. The number of ketones is 1. The zero-order chi connectivity index (χ0) is 16.2. The third-order valence-electron chi connectivity index (χ3n) is 2.66. The largest absolute Gasteiger partial charge is 0.444 e. The number of aliphatic hydroxyl groups excluding tert-OH is 1. The molecule has 5 nitrogen and oxygen atoms in total. The molecular formula is C15H20BrNO4. The average Bonchev–Trinajstić information content (AvgIpc) is 2.34. The highest BCUT2D eigenvalue weighted by molar-refractivity contribution is 9.10. The molecule has 0 aliphatic carbocycles. The number of carbonyl (C=O) groups is 2. The third-order valence-corrected chi connectivity index (χ3v) is 3.34. The quantitative estimate of drug-likeness (QED) is 0.811. The number of amides is 1. The lowest BCUT2D eigenvalue weighted by atomic mass is 10.0. The monoisotopic (exact) mass is 357 g/mol. The summed E-state index contributed by atoms with van der Waals surface area (Å²) in [6, 6.07) is 4.40. The van der Waals surface area contributed by atoms with Gasteiger partial charge in [-0.3, -0.25) is 4.79 Å². The van der Waals surface area contributed by atoms with E-state index >= 15 is 0 Å². The topological polar surface area (TPSA) is 75.6 Å². The fraction of sp³-hybridized carbons (Fsp3) is 0.467. The highest BCUT2D eigenvalue weighted by Gasteiger charge is 2.21. The normalized spacial score (nSPS) is 12.7. The molecule has 0 saturated heterocycles. The van der Waals surface area contributed by atoms with Crippen LogP contribution >= 0.6 is 15.9 Å². The predicted molar refractivity (Wildman–Crippen MR) is 83.3 cm³/mol. The van der Waals surface area contributed by atoms with Crippen LogP contribution in [0.5, 0.6) is 0 Å². The van der Waals surface area contributed by atoms with Gasteiger partial charge in [-0.2, -0.15) is 0 Å². The fourth-order valence-corrected chi connectivity index (χ4v) is 2.36. The van der Waals surface area contributed by atoms with Gasteiger partial charge in [0.1, 0.15) is 5.60 Å². The summed E-state index contributed by atoms with van der Waals surface area (Å²) < 4.78 is 5.81. The molecule has 1 rings (SSSR count). The van der Waals surface area contributed by atoms with Crippen LogP contribution in [-0.4, -0.2) is 29.2 Å². The molecule has 0 spiro atoms. The van der Waals surface area contributed by atoms with E-state index in [2.05, 4.69) is 21.2 Å². The Hall–Kier alpha value is -1.40. The van der Waals surface area contributed by atoms with E-state index in [1.807, 2.05) is 0 Å². The van der Waals surface area contributed by atoms with Gasteiger partial charge < -0.3 is 15.2 Å². The number of hydrogen-bond acceptors (Lipinski definition) is 4. The molecular weight excluding hydrogens is 338 g/mol. The van der Waals surface area contributed by atoms with Gasteiger partial charge in [-0.1, -0.05) is 28.1 Å². The lowest BCUT2D eigenvalue weighted by Crippen LogP contribution is -2.36. The Bertz CT molecular complexity index is 537. The summed E-state index contributed by atoms with van der Waals surface area (Å²) in [5.74, 6) is -0.0529. The SMILES string of the molecule is CC(=O)c1ccc([C@H](CO)NC(=O)OC(C)(C)C)c(Br)c1. The van der Waals surface area contributed by atoms with E-state index in [0.717, 1.165) is 0 Å². The Morgan fingerprint density at radius 1 is 1.38 bits per heavy atom. The Labute approximate surface area is 132 Å². The second-order valence-electron chi connectivity index (χ2n) is 5.67. The maximum absolute atomic E-state index is 11.8. The van der Waals surface area contributed by atoms with Crippen molar-refractivity contribution in [2.24, 2.45) is 0 Å². The number of carbonyl (C=O) groups excluding carboxylic acids is 2. The molecule has 1 aromatic carbocycles. The molecule has 1 aromatic rings. The van der Waals surface area contributed by atoms with E-state index in [9.17, 15) is 14.7 Å². The predicted octanol–water partition coefficient (Wildman–Crippen LogP) is 3.21. The Balaban J connectivity index is 2.90. The van der Waals surface area contributed by atoms with E-state index < -0.39 is 17.7 Å². The summed E-state index contributed by atoms with van der Waals surface area (Å²) in [4.78, 5) is 23.1. The zero-order valence-electron chi connectivity index (χ0n) is 12.6. The lowest BCUT2D eigenvalue weighted by molar-refractivity contribution is 0.0481. The molecule has 0 saturated carbocycles. The van der Waals surface area contributed by atoms with Gasteiger partial charge >= 0.3 is 6.09 Å². The molecule has 6 heteroatoms. The summed E-state index contributed by atoms with van der Waals surface area (Å²) in [6.45, 7) is 6.48. The molecule has 116 valence electrons. The first-order valence-corrected chi connectivity index (χ1v) is 7.34. The molecule has 0 aliphatic heterocycles. The molecule has 1 amide bonds. The first-order chi connectivity index (χ1) is 9.64. The molecule has 2 N–H and O–H groups in total. The van der Waals surface area contributed by atoms with Gasteiger partial charge in [-0.05, 0) is 39.3 Å². The molecule has 0 fully saturated rings. The van der Waals surface area contributed by atoms with Gasteiger partial charge in [0, 0.05) is 10.0 Å². The van der Waals surface area contributed by atoms with Crippen LogP contribution in [-0.2, 0) is 4.74 Å². The van der Waals surface area contributed by atoms with Crippen molar-refractivity contribution < 1.29 is 19.4 Å². The number of ether oxygens (including phenoxy) is 1. The Kier molecular flexibility index (Phi) is 5.92. The van der Waals surface area contributed by atoms with Gasteiger partial charge in [0.05, 0.1) is 12.6 Å². The molecule has 0 aromatic heterocycles. The number of halogens is 1. The van der Waals surface area contributed by atoms with Crippen molar-refractivity contribution in [3.05, 3.63) is 33.8 Å². The van der Waals surface area contributed by atoms with Gasteiger partial charge in [0.25, 0.3) is 0 Å². The standard InChI is InChI=1S/C15H20BrNO4/c1-9(19)10-5-6-11(12(16)7-10)13(8-18)17-14(20)21-15(2,3)4/h5-7,13,18H,8H2,1-4H3,(H,17,20)/t13-/m0/s1. The molecule has 0 bridgehead atoms. The lowest BCUT2D eigenvalue weighted by Gasteiger charge is -2.23. The first kappa shape index (κ1) is 17.7. The van der Waals surface area contributed by atoms with Gasteiger partial charge in [-0.15, -0.1) is 0 Å². The molecule has 21 heavy (non-hydrogen) atoms. The van der Waals surface area contributed by atoms with Crippen molar-refractivity contribution in [3.8, 4) is 0 Å². The first-order valence-electron chi connectivity index (χ1n) is 6.55. The van der Waals surface area contributed by atoms with Crippen LogP contribution in [0.3, 0.4) is 0 Å². The minimum atomic E-state index is -0.616.